The number of nitrogens with zero attached hydrogens (tertiary/aromatic N) is 3. The largest absolute Gasteiger partial charge is 0.337 e. The quantitative estimate of drug-likeness (QED) is 0.842. The van der Waals surface area contributed by atoms with Crippen molar-refractivity contribution in [3.8, 4) is 0 Å². The molecule has 1 fully saturated rings. The predicted molar refractivity (Wildman–Crippen MR) is 69.7 cm³/mol. The Kier molecular flexibility index (Phi) is 5.01. The Morgan fingerprint density at radius 3 is 2.94 bits per heavy atom. The molecule has 0 bridgehead atoms. The number of likely N-dealkylation sites (tertiary alicyclic amines) is 1. The van der Waals surface area contributed by atoms with Crippen LogP contribution in [-0.2, 0) is 6.54 Å². The summed E-state index contributed by atoms with van der Waals surface area (Å²) in [5.74, 6) is 0. The molecule has 1 atom stereocenters. The van der Waals surface area contributed by atoms with Gasteiger partial charge in [0, 0.05) is 38.1 Å². The highest BCUT2D eigenvalue weighted by Gasteiger charge is 2.18. The molecule has 0 spiro atoms. The molecule has 0 saturated carbocycles. The van der Waals surface area contributed by atoms with Gasteiger partial charge in [-0.1, -0.05) is 12.8 Å². The summed E-state index contributed by atoms with van der Waals surface area (Å²) in [6.07, 6.45) is 12.3. The van der Waals surface area contributed by atoms with Crippen molar-refractivity contribution in [2.75, 3.05) is 19.6 Å². The second kappa shape index (κ2) is 6.77. The van der Waals surface area contributed by atoms with Gasteiger partial charge in [0.1, 0.15) is 0 Å². The van der Waals surface area contributed by atoms with Crippen LogP contribution in [0.3, 0.4) is 0 Å². The maximum atomic E-state index is 5.87. The van der Waals surface area contributed by atoms with Crippen LogP contribution in [0.2, 0.25) is 0 Å². The van der Waals surface area contributed by atoms with Gasteiger partial charge in [-0.25, -0.2) is 4.98 Å². The van der Waals surface area contributed by atoms with Crippen molar-refractivity contribution in [1.82, 2.24) is 14.5 Å². The molecule has 1 unspecified atom stereocenters. The van der Waals surface area contributed by atoms with Crippen LogP contribution < -0.4 is 5.73 Å². The number of imidazole rings is 1. The number of rotatable bonds is 5. The molecule has 2 N–H and O–H groups in total. The Bertz CT molecular complexity index is 296. The molecular formula is C13H24N4. The fourth-order valence-electron chi connectivity index (χ4n) is 2.67. The summed E-state index contributed by atoms with van der Waals surface area (Å²) in [6.45, 7) is 4.27. The lowest BCUT2D eigenvalue weighted by atomic mass is 10.1. The van der Waals surface area contributed by atoms with Crippen molar-refractivity contribution < 1.29 is 0 Å². The summed E-state index contributed by atoms with van der Waals surface area (Å²) >= 11 is 0. The van der Waals surface area contributed by atoms with Crippen molar-refractivity contribution in [3.05, 3.63) is 18.7 Å². The second-order valence-corrected chi connectivity index (χ2v) is 4.93. The summed E-state index contributed by atoms with van der Waals surface area (Å²) in [4.78, 5) is 6.65. The number of hydrogen-bond donors (Lipinski definition) is 1. The van der Waals surface area contributed by atoms with E-state index in [-0.39, 0.29) is 0 Å². The molecule has 0 amide bonds. The molecule has 0 radical (unpaired) electrons. The van der Waals surface area contributed by atoms with Gasteiger partial charge in [0.2, 0.25) is 0 Å². The van der Waals surface area contributed by atoms with Crippen molar-refractivity contribution in [1.29, 1.82) is 0 Å². The molecule has 4 nitrogen and oxygen atoms in total. The molecule has 1 aliphatic rings. The Hall–Kier alpha value is -0.870. The first kappa shape index (κ1) is 12.6. The van der Waals surface area contributed by atoms with Crippen LogP contribution in [0.1, 0.15) is 32.1 Å². The Morgan fingerprint density at radius 2 is 2.18 bits per heavy atom. The molecule has 1 aromatic heterocycles. The highest BCUT2D eigenvalue weighted by Crippen LogP contribution is 2.16. The highest BCUT2D eigenvalue weighted by atomic mass is 15.2. The van der Waals surface area contributed by atoms with E-state index in [9.17, 15) is 0 Å². The minimum absolute atomic E-state index is 0.611. The average molecular weight is 236 g/mol. The summed E-state index contributed by atoms with van der Waals surface area (Å²) in [5, 5.41) is 0. The lowest BCUT2D eigenvalue weighted by Crippen LogP contribution is -2.40. The highest BCUT2D eigenvalue weighted by molar-refractivity contribution is 4.77. The standard InChI is InChI=1S/C13H24N4/c14-11-13-5-2-1-3-8-17(13)9-4-7-16-10-6-15-12-16/h6,10,12-13H,1-5,7-9,11,14H2. The van der Waals surface area contributed by atoms with Crippen LogP contribution in [0.4, 0.5) is 0 Å². The number of aryl methyl sites for hydroxylation is 1. The lowest BCUT2D eigenvalue weighted by Gasteiger charge is -2.28. The van der Waals surface area contributed by atoms with E-state index in [0.717, 1.165) is 13.1 Å². The fraction of sp³-hybridized carbons (Fsp3) is 0.769. The molecule has 96 valence electrons. The van der Waals surface area contributed by atoms with E-state index < -0.39 is 0 Å². The summed E-state index contributed by atoms with van der Waals surface area (Å²) in [5.41, 5.74) is 5.87. The van der Waals surface area contributed by atoms with Gasteiger partial charge in [-0.15, -0.1) is 0 Å². The molecule has 2 rings (SSSR count). The van der Waals surface area contributed by atoms with E-state index in [1.165, 1.54) is 45.2 Å². The molecule has 1 aromatic rings. The van der Waals surface area contributed by atoms with Crippen molar-refractivity contribution in [2.24, 2.45) is 5.73 Å². The Morgan fingerprint density at radius 1 is 1.24 bits per heavy atom. The molecule has 1 saturated heterocycles. The lowest BCUT2D eigenvalue weighted by molar-refractivity contribution is 0.199. The van der Waals surface area contributed by atoms with E-state index in [2.05, 4.69) is 14.5 Å². The minimum Gasteiger partial charge on any atom is -0.337 e. The van der Waals surface area contributed by atoms with Crippen LogP contribution >= 0.6 is 0 Å². The number of nitrogens with two attached hydrogens (primary N) is 1. The van der Waals surface area contributed by atoms with Gasteiger partial charge < -0.3 is 10.3 Å². The zero-order chi connectivity index (χ0) is 11.9. The minimum atomic E-state index is 0.611. The zero-order valence-corrected chi connectivity index (χ0v) is 10.6. The first-order valence-electron chi connectivity index (χ1n) is 6.80. The van der Waals surface area contributed by atoms with E-state index in [1.54, 1.807) is 0 Å². The molecular weight excluding hydrogens is 212 g/mol. The monoisotopic (exact) mass is 236 g/mol. The van der Waals surface area contributed by atoms with Crippen molar-refractivity contribution in [2.45, 2.75) is 44.7 Å². The van der Waals surface area contributed by atoms with Gasteiger partial charge in [0.15, 0.2) is 0 Å². The Labute approximate surface area is 104 Å². The first-order valence-corrected chi connectivity index (χ1v) is 6.80. The SMILES string of the molecule is NCC1CCCCCN1CCCn1ccnc1. The fourth-order valence-corrected chi connectivity index (χ4v) is 2.67. The number of aromatic nitrogens is 2. The molecule has 0 aliphatic carbocycles. The van der Waals surface area contributed by atoms with Crippen LogP contribution in [-0.4, -0.2) is 40.1 Å². The zero-order valence-electron chi connectivity index (χ0n) is 10.6. The van der Waals surface area contributed by atoms with E-state index in [4.69, 9.17) is 5.73 Å². The number of hydrogen-bond acceptors (Lipinski definition) is 3. The molecule has 1 aliphatic heterocycles. The van der Waals surface area contributed by atoms with Crippen LogP contribution in [0.25, 0.3) is 0 Å². The maximum Gasteiger partial charge on any atom is 0.0945 e. The smallest absolute Gasteiger partial charge is 0.0945 e. The van der Waals surface area contributed by atoms with E-state index in [0.29, 0.717) is 6.04 Å². The van der Waals surface area contributed by atoms with Gasteiger partial charge in [0.25, 0.3) is 0 Å². The van der Waals surface area contributed by atoms with E-state index in [1.807, 2.05) is 18.7 Å². The van der Waals surface area contributed by atoms with Crippen molar-refractivity contribution >= 4 is 0 Å². The topological polar surface area (TPSA) is 47.1 Å². The molecule has 0 aromatic carbocycles. The molecule has 4 heteroatoms. The first-order chi connectivity index (χ1) is 8.40. The van der Waals surface area contributed by atoms with Crippen LogP contribution in [0.5, 0.6) is 0 Å². The van der Waals surface area contributed by atoms with Gasteiger partial charge in [-0.2, -0.15) is 0 Å². The predicted octanol–water partition coefficient (Wildman–Crippen LogP) is 1.48. The average Bonchev–Trinajstić information content (AvgIpc) is 2.75. The summed E-state index contributed by atoms with van der Waals surface area (Å²) < 4.78 is 2.15. The van der Waals surface area contributed by atoms with Gasteiger partial charge in [-0.05, 0) is 25.8 Å². The van der Waals surface area contributed by atoms with Gasteiger partial charge in [0.05, 0.1) is 6.33 Å². The molecule has 2 heterocycles. The Balaban J connectivity index is 1.75. The third-order valence-electron chi connectivity index (χ3n) is 3.69. The third kappa shape index (κ3) is 3.82. The summed E-state index contributed by atoms with van der Waals surface area (Å²) in [7, 11) is 0. The van der Waals surface area contributed by atoms with Gasteiger partial charge >= 0.3 is 0 Å². The van der Waals surface area contributed by atoms with E-state index >= 15 is 0 Å². The molecule has 17 heavy (non-hydrogen) atoms. The van der Waals surface area contributed by atoms with Crippen molar-refractivity contribution in [3.63, 3.8) is 0 Å². The van der Waals surface area contributed by atoms with Crippen LogP contribution in [0.15, 0.2) is 18.7 Å². The van der Waals surface area contributed by atoms with Crippen LogP contribution in [0, 0.1) is 0 Å². The summed E-state index contributed by atoms with van der Waals surface area (Å²) in [6, 6.07) is 0.611. The second-order valence-electron chi connectivity index (χ2n) is 4.93. The maximum absolute atomic E-state index is 5.87. The van der Waals surface area contributed by atoms with Gasteiger partial charge in [-0.3, -0.25) is 4.90 Å². The third-order valence-corrected chi connectivity index (χ3v) is 3.69. The normalized spacial score (nSPS) is 22.5.